The number of pyridine rings is 1. The number of rotatable bonds is 3. The van der Waals surface area contributed by atoms with Crippen molar-refractivity contribution < 1.29 is 14.6 Å². The summed E-state index contributed by atoms with van der Waals surface area (Å²) in [5, 5.41) is 14.0. The predicted octanol–water partition coefficient (Wildman–Crippen LogP) is 1.01. The number of fused-ring (bicyclic) bond motifs is 1. The number of amides is 1. The second-order valence-corrected chi connectivity index (χ2v) is 8.91. The van der Waals surface area contributed by atoms with Crippen molar-refractivity contribution >= 4 is 11.6 Å². The van der Waals surface area contributed by atoms with Crippen LogP contribution in [0.1, 0.15) is 44.4 Å². The van der Waals surface area contributed by atoms with Crippen LogP contribution >= 0.6 is 0 Å². The Morgan fingerprint density at radius 3 is 2.80 bits per heavy atom. The van der Waals surface area contributed by atoms with Crippen LogP contribution in [0.25, 0.3) is 5.65 Å². The molecule has 4 heterocycles. The van der Waals surface area contributed by atoms with Gasteiger partial charge in [-0.15, -0.1) is 0 Å². The summed E-state index contributed by atoms with van der Waals surface area (Å²) in [6.07, 6.45) is 2.88. The molecule has 1 amide bonds. The Morgan fingerprint density at radius 2 is 2.10 bits per heavy atom. The molecule has 0 bridgehead atoms. The molecular weight excluding hydrogens is 384 g/mol. The molecule has 0 aromatic carbocycles. The quantitative estimate of drug-likeness (QED) is 0.778. The van der Waals surface area contributed by atoms with Gasteiger partial charge in [-0.1, -0.05) is 6.07 Å². The number of nitrogens with zero attached hydrogens (tertiary/aromatic N) is 3. The number of ether oxygens (including phenoxy) is 1. The maximum atomic E-state index is 12.5. The molecular formula is C22H30N4O4. The van der Waals surface area contributed by atoms with E-state index in [0.717, 1.165) is 24.3 Å². The molecule has 2 aliphatic heterocycles. The van der Waals surface area contributed by atoms with Gasteiger partial charge in [0.2, 0.25) is 5.91 Å². The lowest BCUT2D eigenvalue weighted by atomic mass is 9.73. The highest BCUT2D eigenvalue weighted by Crippen LogP contribution is 2.40. The number of aromatic nitrogens is 2. The van der Waals surface area contributed by atoms with E-state index >= 15 is 0 Å². The highest BCUT2D eigenvalue weighted by Gasteiger charge is 2.53. The van der Waals surface area contributed by atoms with Gasteiger partial charge in [0.15, 0.2) is 0 Å². The van der Waals surface area contributed by atoms with Crippen molar-refractivity contribution in [1.29, 1.82) is 0 Å². The smallest absolute Gasteiger partial charge is 0.258 e. The van der Waals surface area contributed by atoms with E-state index in [9.17, 15) is 14.7 Å². The van der Waals surface area contributed by atoms with Crippen molar-refractivity contribution in [2.75, 3.05) is 19.7 Å². The first kappa shape index (κ1) is 21.0. The van der Waals surface area contributed by atoms with Gasteiger partial charge >= 0.3 is 0 Å². The highest BCUT2D eigenvalue weighted by molar-refractivity contribution is 5.74. The fourth-order valence-electron chi connectivity index (χ4n) is 4.92. The Balaban J connectivity index is 1.47. The zero-order chi connectivity index (χ0) is 21.5. The van der Waals surface area contributed by atoms with Gasteiger partial charge in [0.1, 0.15) is 11.8 Å². The second-order valence-electron chi connectivity index (χ2n) is 8.91. The number of hydrogen-bond acceptors (Lipinski definition) is 6. The third-order valence-corrected chi connectivity index (χ3v) is 6.60. The molecule has 4 rings (SSSR count). The largest absolute Gasteiger partial charge is 0.388 e. The number of piperidine rings is 1. The van der Waals surface area contributed by atoms with Crippen molar-refractivity contribution in [1.82, 2.24) is 19.6 Å². The zero-order valence-electron chi connectivity index (χ0n) is 17.9. The number of carbonyl (C=O) groups is 1. The van der Waals surface area contributed by atoms with Crippen LogP contribution in [0.15, 0.2) is 29.2 Å². The molecule has 1 spiro atoms. The first-order valence-corrected chi connectivity index (χ1v) is 10.5. The number of aliphatic hydroxyl groups excluding tert-OH is 1. The third-order valence-electron chi connectivity index (χ3n) is 6.60. The maximum absolute atomic E-state index is 12.5. The fourth-order valence-corrected chi connectivity index (χ4v) is 4.92. The normalized spacial score (nSPS) is 26.7. The van der Waals surface area contributed by atoms with E-state index in [2.05, 4.69) is 10.2 Å². The topological polar surface area (TPSA) is 96.2 Å². The van der Waals surface area contributed by atoms with Crippen LogP contribution in [0, 0.1) is 6.92 Å². The number of nitrogens with one attached hydrogen (secondary N) is 1. The summed E-state index contributed by atoms with van der Waals surface area (Å²) in [6.45, 7) is 7.85. The molecule has 30 heavy (non-hydrogen) atoms. The minimum atomic E-state index is -0.768. The van der Waals surface area contributed by atoms with Gasteiger partial charge < -0.3 is 15.2 Å². The van der Waals surface area contributed by atoms with Crippen LogP contribution < -0.4 is 10.9 Å². The number of aryl methyl sites for hydroxylation is 1. The van der Waals surface area contributed by atoms with Crippen LogP contribution in [0.2, 0.25) is 0 Å². The number of aliphatic hydroxyl groups is 1. The van der Waals surface area contributed by atoms with Crippen molar-refractivity contribution in [3.05, 3.63) is 46.0 Å². The lowest BCUT2D eigenvalue weighted by Crippen LogP contribution is -2.69. The summed E-state index contributed by atoms with van der Waals surface area (Å²) in [7, 11) is 0. The van der Waals surface area contributed by atoms with E-state index < -0.39 is 17.2 Å². The molecule has 2 N–H and O–H groups in total. The Bertz CT molecular complexity index is 1010. The highest BCUT2D eigenvalue weighted by atomic mass is 16.5. The van der Waals surface area contributed by atoms with E-state index in [-0.39, 0.29) is 11.5 Å². The van der Waals surface area contributed by atoms with Crippen LogP contribution in [-0.4, -0.2) is 62.2 Å². The molecule has 0 radical (unpaired) electrons. The summed E-state index contributed by atoms with van der Waals surface area (Å²) >= 11 is 0. The van der Waals surface area contributed by atoms with Gasteiger partial charge in [-0.3, -0.25) is 18.9 Å². The maximum Gasteiger partial charge on any atom is 0.258 e. The van der Waals surface area contributed by atoms with Gasteiger partial charge in [-0.2, -0.15) is 0 Å². The molecule has 0 saturated carbocycles. The van der Waals surface area contributed by atoms with E-state index in [1.54, 1.807) is 16.7 Å². The van der Waals surface area contributed by atoms with E-state index in [1.807, 2.05) is 26.0 Å². The first-order chi connectivity index (χ1) is 14.2. The molecule has 0 unspecified atom stereocenters. The van der Waals surface area contributed by atoms with Crippen molar-refractivity contribution in [3.63, 3.8) is 0 Å². The van der Waals surface area contributed by atoms with Gasteiger partial charge in [-0.05, 0) is 44.7 Å². The average Bonchev–Trinajstić information content (AvgIpc) is 2.68. The number of carbonyl (C=O) groups excluding carboxylic acids is 1. The Hall–Kier alpha value is -2.29. The van der Waals surface area contributed by atoms with Crippen LogP contribution in [0.4, 0.5) is 0 Å². The predicted molar refractivity (Wildman–Crippen MR) is 112 cm³/mol. The van der Waals surface area contributed by atoms with Crippen molar-refractivity contribution in [2.24, 2.45) is 0 Å². The third kappa shape index (κ3) is 3.75. The molecule has 2 aromatic rings. The molecule has 2 fully saturated rings. The van der Waals surface area contributed by atoms with Crippen molar-refractivity contribution in [2.45, 2.75) is 63.8 Å². The Labute approximate surface area is 175 Å². The van der Waals surface area contributed by atoms with Crippen LogP contribution in [0.3, 0.4) is 0 Å². The molecule has 162 valence electrons. The van der Waals surface area contributed by atoms with E-state index in [0.29, 0.717) is 38.1 Å². The fraction of sp³-hybridized carbons (Fsp3) is 0.591. The van der Waals surface area contributed by atoms with Crippen LogP contribution in [-0.2, 0) is 16.1 Å². The standard InChI is InChI=1S/C22H30N4O4/c1-15-5-4-9-26-18(28)13-17(23-19(15)26)14-25-10-6-22(7-11-25)20(29)21(3,8-12-30-22)24-16(2)27/h4-5,9,13,20,29H,6-8,10-12,14H2,1-3H3,(H,24,27)/t20-,21+/m1/s1. The van der Waals surface area contributed by atoms with Crippen LogP contribution in [0.5, 0.6) is 0 Å². The lowest BCUT2D eigenvalue weighted by Gasteiger charge is -2.53. The first-order valence-electron chi connectivity index (χ1n) is 10.5. The number of likely N-dealkylation sites (tertiary alicyclic amines) is 1. The lowest BCUT2D eigenvalue weighted by molar-refractivity contribution is -0.208. The SMILES string of the molecule is CC(=O)N[C@@]1(C)CCOC2(CCN(Cc3cc(=O)n4cccc(C)c4n3)CC2)[C@@H]1O. The summed E-state index contributed by atoms with van der Waals surface area (Å²) < 4.78 is 7.66. The molecule has 8 heteroatoms. The summed E-state index contributed by atoms with van der Waals surface area (Å²) in [6, 6.07) is 5.39. The second kappa shape index (κ2) is 7.76. The molecule has 0 aliphatic carbocycles. The molecule has 2 atom stereocenters. The van der Waals surface area contributed by atoms with E-state index in [4.69, 9.17) is 9.72 Å². The van der Waals surface area contributed by atoms with Crippen molar-refractivity contribution in [3.8, 4) is 0 Å². The zero-order valence-corrected chi connectivity index (χ0v) is 17.9. The van der Waals surface area contributed by atoms with Gasteiger partial charge in [0, 0.05) is 45.4 Å². The molecule has 2 aromatic heterocycles. The number of hydrogen-bond donors (Lipinski definition) is 2. The van der Waals surface area contributed by atoms with E-state index in [1.165, 1.54) is 6.92 Å². The average molecular weight is 415 g/mol. The summed E-state index contributed by atoms with van der Waals surface area (Å²) in [5.41, 5.74) is 0.982. The Kier molecular flexibility index (Phi) is 5.42. The summed E-state index contributed by atoms with van der Waals surface area (Å²) in [5.74, 6) is -0.144. The Morgan fingerprint density at radius 1 is 1.37 bits per heavy atom. The van der Waals surface area contributed by atoms with Gasteiger partial charge in [0.25, 0.3) is 5.56 Å². The van der Waals surface area contributed by atoms with Gasteiger partial charge in [0.05, 0.1) is 16.8 Å². The summed E-state index contributed by atoms with van der Waals surface area (Å²) in [4.78, 5) is 31.0. The minimum absolute atomic E-state index is 0.0794. The molecule has 2 saturated heterocycles. The van der Waals surface area contributed by atoms with Gasteiger partial charge in [-0.25, -0.2) is 4.98 Å². The molecule has 8 nitrogen and oxygen atoms in total. The monoisotopic (exact) mass is 414 g/mol. The minimum Gasteiger partial charge on any atom is -0.388 e. The molecule has 2 aliphatic rings.